The minimum atomic E-state index is -4.84. The average molecular weight is 427 g/mol. The number of hydrogen-bond acceptors (Lipinski definition) is 3. The molecule has 11 heteroatoms. The first-order chi connectivity index (χ1) is 13.9. The molecule has 0 radical (unpaired) electrons. The van der Waals surface area contributed by atoms with Gasteiger partial charge in [0, 0.05) is 12.6 Å². The van der Waals surface area contributed by atoms with Crippen molar-refractivity contribution in [3.05, 3.63) is 70.5 Å². The molecule has 0 heterocycles. The molecule has 0 fully saturated rings. The Balaban J connectivity index is 2.04. The molecule has 0 aromatic heterocycles. The summed E-state index contributed by atoms with van der Waals surface area (Å²) in [5, 5.41) is 12.1. The largest absolute Gasteiger partial charge is 0.478 e. The number of aromatic carboxylic acids is 1. The second-order valence-corrected chi connectivity index (χ2v) is 6.32. The number of carbonyl (C=O) groups is 3. The number of benzene rings is 2. The molecule has 2 rings (SSSR count). The maximum absolute atomic E-state index is 13.4. The average Bonchev–Trinajstić information content (AvgIpc) is 2.66. The van der Waals surface area contributed by atoms with E-state index in [9.17, 15) is 31.9 Å². The Morgan fingerprint density at radius 3 is 2.17 bits per heavy atom. The van der Waals surface area contributed by atoms with Crippen molar-refractivity contribution >= 4 is 17.9 Å². The Morgan fingerprint density at radius 1 is 1.03 bits per heavy atom. The van der Waals surface area contributed by atoms with Crippen LogP contribution in [0.15, 0.2) is 42.5 Å². The second-order valence-electron chi connectivity index (χ2n) is 6.32. The molecule has 2 aromatic carbocycles. The molecule has 0 aliphatic carbocycles. The van der Waals surface area contributed by atoms with Crippen molar-refractivity contribution in [2.75, 3.05) is 7.05 Å². The topological polar surface area (TPSA) is 98.7 Å². The first-order valence-electron chi connectivity index (χ1n) is 8.44. The fourth-order valence-corrected chi connectivity index (χ4v) is 2.43. The van der Waals surface area contributed by atoms with Crippen LogP contribution in [0.5, 0.6) is 0 Å². The highest BCUT2D eigenvalue weighted by atomic mass is 19.4. The molecule has 0 saturated carbocycles. The summed E-state index contributed by atoms with van der Waals surface area (Å²) in [5.74, 6) is -3.47. The quantitative estimate of drug-likeness (QED) is 0.513. The van der Waals surface area contributed by atoms with E-state index >= 15 is 0 Å². The zero-order chi connectivity index (χ0) is 22.6. The van der Waals surface area contributed by atoms with Crippen LogP contribution in [0.25, 0.3) is 0 Å². The van der Waals surface area contributed by atoms with Crippen molar-refractivity contribution in [2.24, 2.45) is 0 Å². The highest BCUT2D eigenvalue weighted by Gasteiger charge is 2.32. The van der Waals surface area contributed by atoms with Gasteiger partial charge in [0.25, 0.3) is 5.91 Å². The molecule has 7 nitrogen and oxygen atoms in total. The lowest BCUT2D eigenvalue weighted by atomic mass is 10.1. The summed E-state index contributed by atoms with van der Waals surface area (Å²) in [6.45, 7) is 1.60. The van der Waals surface area contributed by atoms with Gasteiger partial charge in [-0.15, -0.1) is 0 Å². The van der Waals surface area contributed by atoms with Gasteiger partial charge in [0.1, 0.15) is 5.82 Å². The predicted octanol–water partition coefficient (Wildman–Crippen LogP) is 3.59. The van der Waals surface area contributed by atoms with Gasteiger partial charge in [-0.05, 0) is 42.8 Å². The van der Waals surface area contributed by atoms with E-state index in [0.29, 0.717) is 22.7 Å². The number of carboxylic acid groups (broad SMARTS) is 1. The number of hydrazine groups is 1. The lowest BCUT2D eigenvalue weighted by molar-refractivity contribution is -0.137. The van der Waals surface area contributed by atoms with E-state index in [2.05, 4.69) is 10.7 Å². The molecule has 0 bridgehead atoms. The van der Waals surface area contributed by atoms with Crippen LogP contribution in [0, 0.1) is 5.82 Å². The highest BCUT2D eigenvalue weighted by Crippen LogP contribution is 2.30. The fraction of sp³-hybridized carbons (Fsp3) is 0.211. The monoisotopic (exact) mass is 427 g/mol. The molecule has 0 spiro atoms. The first-order valence-corrected chi connectivity index (χ1v) is 8.44. The smallest absolute Gasteiger partial charge is 0.416 e. The van der Waals surface area contributed by atoms with Gasteiger partial charge in [-0.3, -0.25) is 10.2 Å². The maximum atomic E-state index is 13.4. The number of carbonyl (C=O) groups excluding carboxylic acids is 2. The van der Waals surface area contributed by atoms with E-state index in [1.54, 1.807) is 6.92 Å². The van der Waals surface area contributed by atoms with Crippen LogP contribution >= 0.6 is 0 Å². The third kappa shape index (κ3) is 5.69. The van der Waals surface area contributed by atoms with Gasteiger partial charge in [-0.1, -0.05) is 12.1 Å². The zero-order valence-corrected chi connectivity index (χ0v) is 15.7. The standard InChI is InChI=1S/C19H17F4N3O4/c1-10(11-3-5-12(6-4-11)17(28)29)24-18(30)26(2)25-16(27)13-7-14(19(21,22)23)9-15(20)8-13/h3-10H,1-2H3,(H,24,30)(H,25,27)(H,28,29). The molecule has 0 aliphatic heterocycles. The number of halogens is 4. The van der Waals surface area contributed by atoms with E-state index in [1.807, 2.05) is 0 Å². The zero-order valence-electron chi connectivity index (χ0n) is 15.7. The van der Waals surface area contributed by atoms with Crippen LogP contribution in [-0.4, -0.2) is 35.1 Å². The molecule has 0 aliphatic rings. The van der Waals surface area contributed by atoms with Crippen LogP contribution in [0.1, 0.15) is 44.8 Å². The molecule has 30 heavy (non-hydrogen) atoms. The summed E-state index contributed by atoms with van der Waals surface area (Å²) in [5.41, 5.74) is 0.748. The Hall–Kier alpha value is -3.63. The lowest BCUT2D eigenvalue weighted by Crippen LogP contribution is -2.48. The van der Waals surface area contributed by atoms with Gasteiger partial charge in [0.05, 0.1) is 17.2 Å². The minimum absolute atomic E-state index is 0.0648. The minimum Gasteiger partial charge on any atom is -0.478 e. The van der Waals surface area contributed by atoms with E-state index in [-0.39, 0.29) is 11.6 Å². The number of hydrogen-bond donors (Lipinski definition) is 3. The molecule has 1 unspecified atom stereocenters. The molecule has 0 saturated heterocycles. The van der Waals surface area contributed by atoms with Crippen molar-refractivity contribution in [1.29, 1.82) is 0 Å². The van der Waals surface area contributed by atoms with Crippen LogP contribution in [0.3, 0.4) is 0 Å². The van der Waals surface area contributed by atoms with Gasteiger partial charge in [0.15, 0.2) is 0 Å². The van der Waals surface area contributed by atoms with Crippen molar-refractivity contribution in [3.8, 4) is 0 Å². The van der Waals surface area contributed by atoms with Gasteiger partial charge in [0.2, 0.25) is 0 Å². The number of alkyl halides is 3. The Kier molecular flexibility index (Phi) is 6.65. The summed E-state index contributed by atoms with van der Waals surface area (Å²) in [6, 6.07) is 5.67. The summed E-state index contributed by atoms with van der Waals surface area (Å²) < 4.78 is 51.8. The Bertz CT molecular complexity index is 961. The summed E-state index contributed by atoms with van der Waals surface area (Å²) in [4.78, 5) is 35.2. The second kappa shape index (κ2) is 8.80. The lowest BCUT2D eigenvalue weighted by Gasteiger charge is -2.22. The van der Waals surface area contributed by atoms with E-state index < -0.39 is 47.1 Å². The fourth-order valence-electron chi connectivity index (χ4n) is 2.43. The van der Waals surface area contributed by atoms with Crippen molar-refractivity contribution in [2.45, 2.75) is 19.1 Å². The summed E-state index contributed by atoms with van der Waals surface area (Å²) >= 11 is 0. The highest BCUT2D eigenvalue weighted by molar-refractivity contribution is 5.95. The predicted molar refractivity (Wildman–Crippen MR) is 97.0 cm³/mol. The van der Waals surface area contributed by atoms with E-state index in [0.717, 1.165) is 7.05 Å². The van der Waals surface area contributed by atoms with Gasteiger partial charge in [-0.2, -0.15) is 13.2 Å². The summed E-state index contributed by atoms with van der Waals surface area (Å²) in [6.07, 6.45) is -4.84. The van der Waals surface area contributed by atoms with Crippen molar-refractivity contribution in [3.63, 3.8) is 0 Å². The van der Waals surface area contributed by atoms with Crippen LogP contribution in [0.4, 0.5) is 22.4 Å². The number of carboxylic acids is 1. The molecule has 1 atom stereocenters. The van der Waals surface area contributed by atoms with Gasteiger partial charge in [-0.25, -0.2) is 19.0 Å². The number of urea groups is 1. The van der Waals surface area contributed by atoms with E-state index in [1.165, 1.54) is 24.3 Å². The van der Waals surface area contributed by atoms with E-state index in [4.69, 9.17) is 5.11 Å². The SMILES string of the molecule is CC(NC(=O)N(C)NC(=O)c1cc(F)cc(C(F)(F)F)c1)c1ccc(C(=O)O)cc1. The Labute approximate surface area is 168 Å². The van der Waals surface area contributed by atoms with Crippen LogP contribution in [0.2, 0.25) is 0 Å². The number of nitrogens with one attached hydrogen (secondary N) is 2. The third-order valence-corrected chi connectivity index (χ3v) is 4.06. The summed E-state index contributed by atoms with van der Waals surface area (Å²) in [7, 11) is 1.15. The number of rotatable bonds is 4. The first kappa shape index (κ1) is 22.7. The molecule has 2 aromatic rings. The molecular weight excluding hydrogens is 410 g/mol. The molecular formula is C19H17F4N3O4. The maximum Gasteiger partial charge on any atom is 0.416 e. The number of amides is 3. The van der Waals surface area contributed by atoms with Crippen LogP contribution < -0.4 is 10.7 Å². The van der Waals surface area contributed by atoms with Crippen LogP contribution in [-0.2, 0) is 6.18 Å². The van der Waals surface area contributed by atoms with Crippen molar-refractivity contribution < 1.29 is 37.1 Å². The van der Waals surface area contributed by atoms with Gasteiger partial charge < -0.3 is 10.4 Å². The van der Waals surface area contributed by atoms with Gasteiger partial charge >= 0.3 is 18.2 Å². The molecule has 3 N–H and O–H groups in total. The van der Waals surface area contributed by atoms with Crippen molar-refractivity contribution in [1.82, 2.24) is 15.8 Å². The third-order valence-electron chi connectivity index (χ3n) is 4.06. The Morgan fingerprint density at radius 2 is 1.63 bits per heavy atom. The molecule has 160 valence electrons. The number of nitrogens with zero attached hydrogens (tertiary/aromatic N) is 1. The molecule has 3 amide bonds. The normalized spacial score (nSPS) is 12.1.